The van der Waals surface area contributed by atoms with E-state index >= 15 is 0 Å². The molecule has 166 valence electrons. The average Bonchev–Trinajstić information content (AvgIpc) is 3.35. The smallest absolute Gasteiger partial charge is 0.262 e. The van der Waals surface area contributed by atoms with Gasteiger partial charge in [0.15, 0.2) is 11.5 Å². The number of amides is 2. The van der Waals surface area contributed by atoms with Crippen LogP contribution in [0, 0.1) is 12.8 Å². The summed E-state index contributed by atoms with van der Waals surface area (Å²) in [5, 5.41) is 8.02. The number of nitrogens with zero attached hydrogens (tertiary/aromatic N) is 2. The molecule has 0 saturated heterocycles. The third-order valence-corrected chi connectivity index (χ3v) is 5.69. The number of hydrogen-bond donors (Lipinski definition) is 2. The van der Waals surface area contributed by atoms with E-state index in [9.17, 15) is 9.59 Å². The minimum Gasteiger partial charge on any atom is -0.454 e. The van der Waals surface area contributed by atoms with Crippen molar-refractivity contribution < 1.29 is 19.1 Å². The molecule has 0 aliphatic carbocycles. The zero-order valence-electron chi connectivity index (χ0n) is 18.5. The number of fused-ring (bicyclic) bond motifs is 2. The highest BCUT2D eigenvalue weighted by Gasteiger charge is 2.25. The zero-order valence-corrected chi connectivity index (χ0v) is 18.5. The summed E-state index contributed by atoms with van der Waals surface area (Å²) < 4.78 is 12.7. The van der Waals surface area contributed by atoms with Crippen LogP contribution >= 0.6 is 0 Å². The van der Waals surface area contributed by atoms with Gasteiger partial charge in [-0.1, -0.05) is 32.0 Å². The normalized spacial score (nSPS) is 13.7. The molecule has 32 heavy (non-hydrogen) atoms. The molecule has 2 N–H and O–H groups in total. The molecule has 0 radical (unpaired) electrons. The number of aromatic nitrogens is 1. The largest absolute Gasteiger partial charge is 0.454 e. The third-order valence-electron chi connectivity index (χ3n) is 5.69. The fourth-order valence-electron chi connectivity index (χ4n) is 3.74. The SMILES string of the molecule is Cc1c(/C=N/NC(=O)[C@H](NC(=O)c2ccc3c(c2)OCO3)C(C)C)c2ccccc2n1C. The minimum atomic E-state index is -0.751. The van der Waals surface area contributed by atoms with E-state index in [-0.39, 0.29) is 24.5 Å². The van der Waals surface area contributed by atoms with Crippen LogP contribution < -0.4 is 20.2 Å². The second-order valence-corrected chi connectivity index (χ2v) is 8.07. The molecule has 4 rings (SSSR count). The lowest BCUT2D eigenvalue weighted by Crippen LogP contribution is -2.48. The predicted octanol–water partition coefficient (Wildman–Crippen LogP) is 3.12. The van der Waals surface area contributed by atoms with Gasteiger partial charge in [0.1, 0.15) is 6.04 Å². The Balaban J connectivity index is 1.46. The van der Waals surface area contributed by atoms with Gasteiger partial charge in [-0.2, -0.15) is 5.10 Å². The quantitative estimate of drug-likeness (QED) is 0.460. The standard InChI is InChI=1S/C24H26N4O4/c1-14(2)22(26-23(29)16-9-10-20-21(11-16)32-13-31-20)24(30)27-25-12-18-15(3)28(4)19-8-6-5-7-17(18)19/h5-12,14,22H,13H2,1-4H3,(H,26,29)(H,27,30)/b25-12+/t22-/m1/s1. The maximum absolute atomic E-state index is 12.8. The van der Waals surface area contributed by atoms with Crippen LogP contribution in [0.3, 0.4) is 0 Å². The summed E-state index contributed by atoms with van der Waals surface area (Å²) >= 11 is 0. The summed E-state index contributed by atoms with van der Waals surface area (Å²) in [6.07, 6.45) is 1.65. The summed E-state index contributed by atoms with van der Waals surface area (Å²) in [5.41, 5.74) is 6.04. The van der Waals surface area contributed by atoms with Crippen LogP contribution in [-0.4, -0.2) is 35.4 Å². The van der Waals surface area contributed by atoms with Crippen LogP contribution in [0.15, 0.2) is 47.6 Å². The van der Waals surface area contributed by atoms with E-state index in [0.29, 0.717) is 17.1 Å². The monoisotopic (exact) mass is 434 g/mol. The van der Waals surface area contributed by atoms with E-state index in [2.05, 4.69) is 20.4 Å². The second kappa shape index (κ2) is 8.74. The van der Waals surface area contributed by atoms with Crippen molar-refractivity contribution in [3.63, 3.8) is 0 Å². The van der Waals surface area contributed by atoms with Crippen molar-refractivity contribution in [1.82, 2.24) is 15.3 Å². The number of nitrogens with one attached hydrogen (secondary N) is 2. The fraction of sp³-hybridized carbons (Fsp3) is 0.292. The first-order valence-electron chi connectivity index (χ1n) is 10.4. The van der Waals surface area contributed by atoms with Gasteiger partial charge in [0.05, 0.1) is 6.21 Å². The number of hydrogen-bond acceptors (Lipinski definition) is 5. The second-order valence-electron chi connectivity index (χ2n) is 8.07. The molecule has 0 unspecified atom stereocenters. The number of carbonyl (C=O) groups excluding carboxylic acids is 2. The molecular weight excluding hydrogens is 408 g/mol. The van der Waals surface area contributed by atoms with Crippen LogP contribution in [0.5, 0.6) is 11.5 Å². The Hall–Kier alpha value is -3.81. The number of rotatable bonds is 6. The number of ether oxygens (including phenoxy) is 2. The van der Waals surface area contributed by atoms with Gasteiger partial charge in [-0.05, 0) is 37.1 Å². The van der Waals surface area contributed by atoms with Crippen molar-refractivity contribution >= 4 is 28.9 Å². The lowest BCUT2D eigenvalue weighted by Gasteiger charge is -2.20. The maximum atomic E-state index is 12.8. The van der Waals surface area contributed by atoms with Gasteiger partial charge in [0.2, 0.25) is 6.79 Å². The fourth-order valence-corrected chi connectivity index (χ4v) is 3.74. The Morgan fingerprint density at radius 2 is 1.88 bits per heavy atom. The van der Waals surface area contributed by atoms with Gasteiger partial charge in [-0.3, -0.25) is 9.59 Å². The summed E-state index contributed by atoms with van der Waals surface area (Å²) in [7, 11) is 1.99. The Kier molecular flexibility index (Phi) is 5.85. The Bertz CT molecular complexity index is 1210. The molecule has 0 bridgehead atoms. The summed E-state index contributed by atoms with van der Waals surface area (Å²) in [6.45, 7) is 5.86. The van der Waals surface area contributed by atoms with Gasteiger partial charge < -0.3 is 19.4 Å². The molecule has 0 fully saturated rings. The third kappa shape index (κ3) is 4.03. The van der Waals surface area contributed by atoms with Crippen molar-refractivity contribution in [2.24, 2.45) is 18.1 Å². The van der Waals surface area contributed by atoms with E-state index in [0.717, 1.165) is 22.2 Å². The zero-order chi connectivity index (χ0) is 22.8. The Labute approximate surface area is 186 Å². The molecule has 8 nitrogen and oxygen atoms in total. The summed E-state index contributed by atoms with van der Waals surface area (Å²) in [6, 6.07) is 12.2. The molecular formula is C24H26N4O4. The number of hydrazone groups is 1. The summed E-state index contributed by atoms with van der Waals surface area (Å²) in [5.74, 6) is 0.215. The molecule has 0 spiro atoms. The molecule has 1 aliphatic heterocycles. The molecule has 1 atom stereocenters. The number of carbonyl (C=O) groups is 2. The van der Waals surface area contributed by atoms with Crippen LogP contribution in [0.1, 0.15) is 35.5 Å². The van der Waals surface area contributed by atoms with Crippen molar-refractivity contribution in [3.05, 3.63) is 59.3 Å². The van der Waals surface area contributed by atoms with Gasteiger partial charge >= 0.3 is 0 Å². The van der Waals surface area contributed by atoms with Crippen molar-refractivity contribution in [2.45, 2.75) is 26.8 Å². The van der Waals surface area contributed by atoms with Crippen LogP contribution in [-0.2, 0) is 11.8 Å². The average molecular weight is 434 g/mol. The van der Waals surface area contributed by atoms with Gasteiger partial charge in [-0.15, -0.1) is 0 Å². The number of para-hydroxylation sites is 1. The first kappa shape index (κ1) is 21.4. The highest BCUT2D eigenvalue weighted by molar-refractivity contribution is 6.02. The molecule has 3 aromatic rings. The summed E-state index contributed by atoms with van der Waals surface area (Å²) in [4.78, 5) is 25.5. The first-order chi connectivity index (χ1) is 15.4. The van der Waals surface area contributed by atoms with E-state index in [4.69, 9.17) is 9.47 Å². The molecule has 2 aromatic carbocycles. The lowest BCUT2D eigenvalue weighted by molar-refractivity contribution is -0.123. The van der Waals surface area contributed by atoms with Crippen LogP contribution in [0.25, 0.3) is 10.9 Å². The molecule has 1 aromatic heterocycles. The van der Waals surface area contributed by atoms with Crippen molar-refractivity contribution in [1.29, 1.82) is 0 Å². The molecule has 2 heterocycles. The molecule has 2 amide bonds. The van der Waals surface area contributed by atoms with Crippen molar-refractivity contribution in [2.75, 3.05) is 6.79 Å². The van der Waals surface area contributed by atoms with E-state index in [1.807, 2.05) is 52.1 Å². The highest BCUT2D eigenvalue weighted by atomic mass is 16.7. The number of benzene rings is 2. The maximum Gasteiger partial charge on any atom is 0.262 e. The topological polar surface area (TPSA) is 94.0 Å². The van der Waals surface area contributed by atoms with E-state index in [1.165, 1.54) is 0 Å². The van der Waals surface area contributed by atoms with E-state index in [1.54, 1.807) is 24.4 Å². The predicted molar refractivity (Wildman–Crippen MR) is 122 cm³/mol. The van der Waals surface area contributed by atoms with Gasteiger partial charge in [0, 0.05) is 34.8 Å². The Morgan fingerprint density at radius 3 is 2.66 bits per heavy atom. The molecule has 8 heteroatoms. The van der Waals surface area contributed by atoms with E-state index < -0.39 is 6.04 Å². The van der Waals surface area contributed by atoms with Gasteiger partial charge in [0.25, 0.3) is 11.8 Å². The van der Waals surface area contributed by atoms with Crippen molar-refractivity contribution in [3.8, 4) is 11.5 Å². The highest BCUT2D eigenvalue weighted by Crippen LogP contribution is 2.32. The molecule has 0 saturated carbocycles. The molecule has 1 aliphatic rings. The minimum absolute atomic E-state index is 0.131. The van der Waals surface area contributed by atoms with Gasteiger partial charge in [-0.25, -0.2) is 5.43 Å². The number of aryl methyl sites for hydroxylation is 1. The Morgan fingerprint density at radius 1 is 1.12 bits per heavy atom. The van der Waals surface area contributed by atoms with Crippen LogP contribution in [0.4, 0.5) is 0 Å². The first-order valence-corrected chi connectivity index (χ1v) is 10.4. The van der Waals surface area contributed by atoms with Crippen LogP contribution in [0.2, 0.25) is 0 Å². The lowest BCUT2D eigenvalue weighted by atomic mass is 10.0.